The first-order valence-corrected chi connectivity index (χ1v) is 7.24. The van der Waals surface area contributed by atoms with E-state index in [1.807, 2.05) is 4.90 Å². The van der Waals surface area contributed by atoms with E-state index >= 15 is 0 Å². The molecule has 3 rings (SSSR count). The van der Waals surface area contributed by atoms with Gasteiger partial charge in [0.2, 0.25) is 0 Å². The third-order valence-corrected chi connectivity index (χ3v) is 4.66. The Labute approximate surface area is 113 Å². The van der Waals surface area contributed by atoms with E-state index in [4.69, 9.17) is 5.73 Å². The molecule has 0 aromatic carbocycles. The number of aromatic amines is 1. The molecule has 1 aromatic heterocycles. The summed E-state index contributed by atoms with van der Waals surface area (Å²) in [5.41, 5.74) is 8.04. The van der Waals surface area contributed by atoms with Crippen LogP contribution in [0.3, 0.4) is 0 Å². The van der Waals surface area contributed by atoms with Crippen LogP contribution in [0, 0.1) is 5.92 Å². The molecule has 3 N–H and O–H groups in total. The van der Waals surface area contributed by atoms with Crippen LogP contribution < -0.4 is 5.73 Å². The van der Waals surface area contributed by atoms with Crippen molar-refractivity contribution in [2.75, 3.05) is 12.3 Å². The van der Waals surface area contributed by atoms with Crippen LogP contribution in [0.4, 0.5) is 5.69 Å². The number of hydrogen-bond acceptors (Lipinski definition) is 3. The Morgan fingerprint density at radius 3 is 2.79 bits per heavy atom. The minimum absolute atomic E-state index is 0.0142. The summed E-state index contributed by atoms with van der Waals surface area (Å²) in [6.07, 6.45) is 4.56. The molecule has 0 radical (unpaired) electrons. The summed E-state index contributed by atoms with van der Waals surface area (Å²) in [5, 5.41) is 7.13. The van der Waals surface area contributed by atoms with Gasteiger partial charge in [0.25, 0.3) is 5.91 Å². The second-order valence-corrected chi connectivity index (χ2v) is 6.03. The van der Waals surface area contributed by atoms with Gasteiger partial charge in [-0.3, -0.25) is 9.89 Å². The van der Waals surface area contributed by atoms with E-state index in [1.54, 1.807) is 0 Å². The number of aromatic nitrogens is 2. The Bertz CT molecular complexity index is 492. The van der Waals surface area contributed by atoms with E-state index in [0.717, 1.165) is 31.5 Å². The second-order valence-electron chi connectivity index (χ2n) is 6.03. The van der Waals surface area contributed by atoms with E-state index in [1.165, 1.54) is 6.42 Å². The normalized spacial score (nSPS) is 27.6. The molecule has 5 nitrogen and oxygen atoms in total. The lowest BCUT2D eigenvalue weighted by molar-refractivity contribution is 0.0546. The molecule has 0 spiro atoms. The molecule has 1 saturated heterocycles. The highest BCUT2D eigenvalue weighted by Gasteiger charge is 2.34. The monoisotopic (exact) mass is 262 g/mol. The first kappa shape index (κ1) is 12.5. The van der Waals surface area contributed by atoms with Gasteiger partial charge in [0, 0.05) is 18.5 Å². The number of carbonyl (C=O) groups is 1. The fourth-order valence-corrected chi connectivity index (χ4v) is 2.97. The van der Waals surface area contributed by atoms with Gasteiger partial charge in [0.05, 0.1) is 11.4 Å². The Morgan fingerprint density at radius 1 is 1.37 bits per heavy atom. The van der Waals surface area contributed by atoms with Gasteiger partial charge in [-0.15, -0.1) is 0 Å². The number of carbonyl (C=O) groups excluding carboxylic acids is 1. The molecule has 2 aliphatic rings. The van der Waals surface area contributed by atoms with Crippen LogP contribution in [0.5, 0.6) is 0 Å². The number of rotatable bonds is 2. The summed E-state index contributed by atoms with van der Waals surface area (Å²) >= 11 is 0. The largest absolute Gasteiger partial charge is 0.395 e. The zero-order valence-corrected chi connectivity index (χ0v) is 11.6. The first-order valence-electron chi connectivity index (χ1n) is 7.24. The highest BCUT2D eigenvalue weighted by atomic mass is 16.2. The standard InChI is InChI=1S/C14H22N4O/c1-8-4-3-7-18(9(8)2)14(19)13-11(15)12(16-17-13)10-5-6-10/h8-10H,3-7,15H2,1-2H3,(H,16,17). The molecule has 2 unspecified atom stereocenters. The lowest BCUT2D eigenvalue weighted by atomic mass is 9.92. The van der Waals surface area contributed by atoms with Crippen LogP contribution in [0.15, 0.2) is 0 Å². The first-order chi connectivity index (χ1) is 9.09. The van der Waals surface area contributed by atoms with Gasteiger partial charge in [-0.2, -0.15) is 5.10 Å². The van der Waals surface area contributed by atoms with Gasteiger partial charge in [0.15, 0.2) is 5.69 Å². The van der Waals surface area contributed by atoms with Crippen LogP contribution in [0.2, 0.25) is 0 Å². The van der Waals surface area contributed by atoms with Crippen molar-refractivity contribution in [1.82, 2.24) is 15.1 Å². The maximum Gasteiger partial charge on any atom is 0.276 e. The number of amides is 1. The quantitative estimate of drug-likeness (QED) is 0.857. The molecule has 2 heterocycles. The van der Waals surface area contributed by atoms with E-state index in [-0.39, 0.29) is 11.9 Å². The maximum atomic E-state index is 12.6. The predicted molar refractivity (Wildman–Crippen MR) is 73.9 cm³/mol. The van der Waals surface area contributed by atoms with Gasteiger partial charge in [-0.05, 0) is 38.5 Å². The summed E-state index contributed by atoms with van der Waals surface area (Å²) in [6.45, 7) is 5.13. The number of nitrogens with one attached hydrogen (secondary N) is 1. The topological polar surface area (TPSA) is 75.0 Å². The van der Waals surface area contributed by atoms with E-state index in [0.29, 0.717) is 23.2 Å². The molecule has 1 aliphatic heterocycles. The molecular weight excluding hydrogens is 240 g/mol. The number of nitrogen functional groups attached to an aromatic ring is 1. The zero-order chi connectivity index (χ0) is 13.6. The minimum atomic E-state index is -0.0142. The van der Waals surface area contributed by atoms with E-state index in [2.05, 4.69) is 24.0 Å². The molecule has 2 atom stereocenters. The second kappa shape index (κ2) is 4.54. The van der Waals surface area contributed by atoms with Crippen LogP contribution in [0.1, 0.15) is 61.6 Å². The van der Waals surface area contributed by atoms with Crippen molar-refractivity contribution >= 4 is 11.6 Å². The van der Waals surface area contributed by atoms with Crippen LogP contribution in [-0.4, -0.2) is 33.6 Å². The van der Waals surface area contributed by atoms with Gasteiger partial charge in [-0.1, -0.05) is 6.92 Å². The summed E-state index contributed by atoms with van der Waals surface area (Å²) < 4.78 is 0. The van der Waals surface area contributed by atoms with E-state index < -0.39 is 0 Å². The maximum absolute atomic E-state index is 12.6. The van der Waals surface area contributed by atoms with Gasteiger partial charge in [-0.25, -0.2) is 0 Å². The number of nitrogens with two attached hydrogens (primary N) is 1. The van der Waals surface area contributed by atoms with Crippen molar-refractivity contribution < 1.29 is 4.79 Å². The SMILES string of the molecule is CC1CCCN(C(=O)c2n[nH]c(C3CC3)c2N)C1C. The molecule has 1 aliphatic carbocycles. The third-order valence-electron chi connectivity index (χ3n) is 4.66. The summed E-state index contributed by atoms with van der Waals surface area (Å²) in [7, 11) is 0. The fraction of sp³-hybridized carbons (Fsp3) is 0.714. The molecule has 2 fully saturated rings. The minimum Gasteiger partial charge on any atom is -0.395 e. The molecule has 0 bridgehead atoms. The molecule has 1 aromatic rings. The zero-order valence-electron chi connectivity index (χ0n) is 11.6. The molecule has 1 amide bonds. The van der Waals surface area contributed by atoms with Crippen LogP contribution >= 0.6 is 0 Å². The third kappa shape index (κ3) is 2.11. The summed E-state index contributed by atoms with van der Waals surface area (Å²) in [6, 6.07) is 0.265. The Hall–Kier alpha value is -1.52. The summed E-state index contributed by atoms with van der Waals surface area (Å²) in [4.78, 5) is 14.5. The average Bonchev–Trinajstić information content (AvgIpc) is 3.16. The average molecular weight is 262 g/mol. The highest BCUT2D eigenvalue weighted by Crippen LogP contribution is 2.42. The number of nitrogens with zero attached hydrogens (tertiary/aromatic N) is 2. The molecule has 19 heavy (non-hydrogen) atoms. The van der Waals surface area contributed by atoms with Gasteiger partial charge in [0.1, 0.15) is 0 Å². The summed E-state index contributed by atoms with van der Waals surface area (Å²) in [5.74, 6) is 1.02. The smallest absolute Gasteiger partial charge is 0.276 e. The molecule has 104 valence electrons. The van der Waals surface area contributed by atoms with Crippen molar-refractivity contribution in [3.05, 3.63) is 11.4 Å². The number of hydrogen-bond donors (Lipinski definition) is 2. The lowest BCUT2D eigenvalue weighted by Gasteiger charge is -2.37. The van der Waals surface area contributed by atoms with Crippen LogP contribution in [0.25, 0.3) is 0 Å². The molecule has 5 heteroatoms. The highest BCUT2D eigenvalue weighted by molar-refractivity contribution is 5.98. The predicted octanol–water partition coefficient (Wildman–Crippen LogP) is 2.13. The number of H-pyrrole nitrogens is 1. The lowest BCUT2D eigenvalue weighted by Crippen LogP contribution is -2.46. The Morgan fingerprint density at radius 2 is 2.11 bits per heavy atom. The number of anilines is 1. The van der Waals surface area contributed by atoms with Crippen LogP contribution in [-0.2, 0) is 0 Å². The van der Waals surface area contributed by atoms with Gasteiger partial charge >= 0.3 is 0 Å². The molecule has 1 saturated carbocycles. The number of piperidine rings is 1. The van der Waals surface area contributed by atoms with Crippen molar-refractivity contribution in [1.29, 1.82) is 0 Å². The van der Waals surface area contributed by atoms with Crippen molar-refractivity contribution in [3.63, 3.8) is 0 Å². The fourth-order valence-electron chi connectivity index (χ4n) is 2.97. The van der Waals surface area contributed by atoms with Crippen molar-refractivity contribution in [3.8, 4) is 0 Å². The van der Waals surface area contributed by atoms with Gasteiger partial charge < -0.3 is 10.6 Å². The number of likely N-dealkylation sites (tertiary alicyclic amines) is 1. The Balaban J connectivity index is 1.83. The Kier molecular flexibility index (Phi) is 2.99. The van der Waals surface area contributed by atoms with Crippen molar-refractivity contribution in [2.24, 2.45) is 5.92 Å². The molecular formula is C14H22N4O. The van der Waals surface area contributed by atoms with E-state index in [9.17, 15) is 4.79 Å². The van der Waals surface area contributed by atoms with Crippen molar-refractivity contribution in [2.45, 2.75) is 51.5 Å².